The Kier molecular flexibility index (Phi) is 9.51. The summed E-state index contributed by atoms with van der Waals surface area (Å²) >= 11 is -0.0606. The van der Waals surface area contributed by atoms with Crippen LogP contribution in [-0.4, -0.2) is 5.92 Å². The van der Waals surface area contributed by atoms with Crippen LogP contribution in [-0.2, 0) is 22.4 Å². The summed E-state index contributed by atoms with van der Waals surface area (Å²) < 4.78 is 1.88. The van der Waals surface area contributed by atoms with Crippen molar-refractivity contribution in [3.8, 4) is 0 Å². The second-order valence-corrected chi connectivity index (χ2v) is 18.4. The molecule has 4 heteroatoms. The molecule has 13 heavy (non-hydrogen) atoms. The molecule has 1 aliphatic carbocycles. The number of halogens is 2. The molecule has 0 heterocycles. The molecule has 0 amide bonds. The Morgan fingerprint density at radius 1 is 1.23 bits per heavy atom. The first-order valence-electron chi connectivity index (χ1n) is 4.23. The second-order valence-electron chi connectivity index (χ2n) is 3.63. The van der Waals surface area contributed by atoms with Gasteiger partial charge in [-0.2, -0.15) is 0 Å². The predicted molar refractivity (Wildman–Crippen MR) is 64.4 cm³/mol. The van der Waals surface area contributed by atoms with E-state index in [0.717, 1.165) is 0 Å². The van der Waals surface area contributed by atoms with E-state index >= 15 is 0 Å². The molecule has 0 nitrogen and oxygen atoms in total. The third-order valence-electron chi connectivity index (χ3n) is 1.86. The second kappa shape index (κ2) is 7.45. The van der Waals surface area contributed by atoms with E-state index in [9.17, 15) is 0 Å². The Morgan fingerprint density at radius 3 is 2.08 bits per heavy atom. The van der Waals surface area contributed by atoms with E-state index in [2.05, 4.69) is 33.0 Å². The molecule has 0 aromatic rings. The van der Waals surface area contributed by atoms with E-state index in [4.69, 9.17) is 0 Å². The normalized spacial score (nSPS) is 15.0. The molecule has 0 fully saturated rings. The van der Waals surface area contributed by atoms with Crippen molar-refractivity contribution in [3.63, 3.8) is 0 Å². The van der Waals surface area contributed by atoms with Gasteiger partial charge in [0.25, 0.3) is 0 Å². The van der Waals surface area contributed by atoms with Crippen LogP contribution < -0.4 is 0 Å². The summed E-state index contributed by atoms with van der Waals surface area (Å²) in [6, 6.07) is 0. The Labute approximate surface area is 106 Å². The molecule has 0 saturated carbocycles. The van der Waals surface area contributed by atoms with Crippen LogP contribution in [0, 0.1) is 0 Å². The van der Waals surface area contributed by atoms with Crippen LogP contribution in [0.15, 0.2) is 20.5 Å². The van der Waals surface area contributed by atoms with Crippen molar-refractivity contribution in [1.29, 1.82) is 0 Å². The summed E-state index contributed by atoms with van der Waals surface area (Å²) in [4.78, 5) is 0. The molecule has 0 aromatic carbocycles. The van der Waals surface area contributed by atoms with Gasteiger partial charge in [0, 0.05) is 0 Å². The van der Waals surface area contributed by atoms with Crippen molar-refractivity contribution < 1.29 is 22.4 Å². The maximum atomic E-state index is 2.50. The maximum absolute atomic E-state index is 2.50. The van der Waals surface area contributed by atoms with Crippen molar-refractivity contribution in [2.75, 3.05) is 0 Å². The van der Waals surface area contributed by atoms with E-state index in [1.165, 1.54) is 6.42 Å². The topological polar surface area (TPSA) is 0 Å². The van der Waals surface area contributed by atoms with E-state index < -0.39 is 0 Å². The zero-order valence-corrected chi connectivity index (χ0v) is 13.9. The Balaban J connectivity index is 0. The van der Waals surface area contributed by atoms with Gasteiger partial charge in [0.1, 0.15) is 0 Å². The van der Waals surface area contributed by atoms with Gasteiger partial charge in [0.05, 0.1) is 0 Å². The summed E-state index contributed by atoms with van der Waals surface area (Å²) in [5, 5.41) is 0. The summed E-state index contributed by atoms with van der Waals surface area (Å²) in [5.41, 5.74) is 3.21. The molecule has 0 N–H and O–H groups in total. The molecule has 76 valence electrons. The molecule has 0 aromatic heterocycles. The first-order chi connectivity index (χ1) is 5.09. The van der Waals surface area contributed by atoms with Crippen LogP contribution in [0.3, 0.4) is 0 Å². The SMILES string of the molecule is CC1=CC(C)=[C]([Zr][SiH](C)C)C1.Cl.Cl. The van der Waals surface area contributed by atoms with Crippen molar-refractivity contribution >= 4 is 30.7 Å². The molecule has 0 bridgehead atoms. The fraction of sp³-hybridized carbons (Fsp3) is 0.556. The minimum absolute atomic E-state index is 0. The quantitative estimate of drug-likeness (QED) is 0.684. The van der Waals surface area contributed by atoms with Gasteiger partial charge >= 0.3 is 82.2 Å². The minimum Gasteiger partial charge on any atom is -0.147 e. The third-order valence-corrected chi connectivity index (χ3v) is 11.0. The maximum Gasteiger partial charge on any atom is -0.147 e. The van der Waals surface area contributed by atoms with E-state index in [1.807, 2.05) is 3.28 Å². The van der Waals surface area contributed by atoms with Crippen LogP contribution in [0.4, 0.5) is 0 Å². The Bertz CT molecular complexity index is 222. The van der Waals surface area contributed by atoms with Gasteiger partial charge in [-0.15, -0.1) is 24.8 Å². The van der Waals surface area contributed by atoms with E-state index in [1.54, 1.807) is 11.1 Å². The van der Waals surface area contributed by atoms with Gasteiger partial charge < -0.3 is 0 Å². The molecule has 1 rings (SSSR count). The predicted octanol–water partition coefficient (Wildman–Crippen LogP) is 3.52. The van der Waals surface area contributed by atoms with Gasteiger partial charge in [0.15, 0.2) is 0 Å². The fourth-order valence-corrected chi connectivity index (χ4v) is 10.9. The molecule has 0 unspecified atom stereocenters. The molecular formula is C9H18Cl2SiZr. The smallest absolute Gasteiger partial charge is 0.147 e. The largest absolute Gasteiger partial charge is 0.147 e. The molecule has 0 saturated heterocycles. The van der Waals surface area contributed by atoms with Crippen LogP contribution in [0.25, 0.3) is 0 Å². The molecule has 0 spiro atoms. The Morgan fingerprint density at radius 2 is 1.77 bits per heavy atom. The van der Waals surface area contributed by atoms with Crippen LogP contribution in [0.5, 0.6) is 0 Å². The third kappa shape index (κ3) is 5.57. The average molecular weight is 316 g/mol. The molecular weight excluding hydrogens is 298 g/mol. The number of rotatable bonds is 2. The first kappa shape index (κ1) is 16.6. The zero-order chi connectivity index (χ0) is 8.43. The van der Waals surface area contributed by atoms with Gasteiger partial charge in [-0.25, -0.2) is 0 Å². The van der Waals surface area contributed by atoms with E-state index in [0.29, 0.717) is 0 Å². The van der Waals surface area contributed by atoms with Crippen LogP contribution in [0.2, 0.25) is 13.1 Å². The minimum atomic E-state index is -0.211. The summed E-state index contributed by atoms with van der Waals surface area (Å²) in [6.45, 7) is 9.56. The molecule has 0 atom stereocenters. The van der Waals surface area contributed by atoms with Crippen LogP contribution in [0.1, 0.15) is 20.3 Å². The number of allylic oxidation sites excluding steroid dienone is 4. The van der Waals surface area contributed by atoms with Crippen molar-refractivity contribution in [2.45, 2.75) is 33.4 Å². The summed E-state index contributed by atoms with van der Waals surface area (Å²) in [7, 11) is 0. The van der Waals surface area contributed by atoms with Gasteiger partial charge in [-0.3, -0.25) is 0 Å². The molecule has 1 aliphatic rings. The standard InChI is InChI=1S/C7H9.C2H7Si.2ClH.Zr/c1-6-3-4-7(2)5-6;1-3-2;;;/h5H,3H2,1-2H3;3H,1-2H3;2*1H;. The number of hydrogen-bond donors (Lipinski definition) is 0. The van der Waals surface area contributed by atoms with Crippen molar-refractivity contribution in [2.24, 2.45) is 0 Å². The molecule has 0 radical (unpaired) electrons. The monoisotopic (exact) mass is 314 g/mol. The Hall–Kier alpha value is 1.16. The first-order valence-corrected chi connectivity index (χ1v) is 12.6. The van der Waals surface area contributed by atoms with Crippen molar-refractivity contribution in [3.05, 3.63) is 20.5 Å². The van der Waals surface area contributed by atoms with Gasteiger partial charge in [-0.05, 0) is 0 Å². The zero-order valence-electron chi connectivity index (χ0n) is 8.68. The molecule has 0 aliphatic heterocycles. The summed E-state index contributed by atoms with van der Waals surface area (Å²) in [5.74, 6) is -0.211. The number of hydrogen-bond acceptors (Lipinski definition) is 0. The van der Waals surface area contributed by atoms with Gasteiger partial charge in [0.2, 0.25) is 0 Å². The fourth-order valence-electron chi connectivity index (χ4n) is 1.44. The van der Waals surface area contributed by atoms with E-state index in [-0.39, 0.29) is 53.1 Å². The van der Waals surface area contributed by atoms with Crippen LogP contribution >= 0.6 is 24.8 Å². The van der Waals surface area contributed by atoms with Crippen molar-refractivity contribution in [1.82, 2.24) is 0 Å². The van der Waals surface area contributed by atoms with Gasteiger partial charge in [-0.1, -0.05) is 0 Å². The average Bonchev–Trinajstić information content (AvgIpc) is 2.09. The summed E-state index contributed by atoms with van der Waals surface area (Å²) in [6.07, 6.45) is 3.72.